The number of likely N-dealkylation sites (tertiary alicyclic amines) is 2. The zero-order chi connectivity index (χ0) is 20.6. The molecule has 9 heteroatoms. The number of aromatic nitrogens is 4. The van der Waals surface area contributed by atoms with Crippen molar-refractivity contribution in [2.45, 2.75) is 38.8 Å². The molecule has 3 heterocycles. The standard InChI is InChI=1S/C20H26N6O3/c1-14-21-22-23-26(14)12-15-4-6-16(7-5-15)18(27)25-11-9-20(19(28)29)8-3-10-24(2)17(20)13-25/h4-7,17H,3,8-13H2,1-2H3,(H,28,29)/t17-,20+/m1/s1. The number of rotatable bonds is 4. The molecule has 2 fully saturated rings. The molecule has 0 aliphatic carbocycles. The average Bonchev–Trinajstić information content (AvgIpc) is 3.12. The molecule has 0 saturated carbocycles. The Labute approximate surface area is 169 Å². The molecule has 1 aromatic carbocycles. The highest BCUT2D eigenvalue weighted by atomic mass is 16.4. The fraction of sp³-hybridized carbons (Fsp3) is 0.550. The molecular weight excluding hydrogens is 372 g/mol. The number of fused-ring (bicyclic) bond motifs is 1. The van der Waals surface area contributed by atoms with Crippen LogP contribution in [0.25, 0.3) is 0 Å². The molecular formula is C20H26N6O3. The second kappa shape index (κ2) is 7.55. The van der Waals surface area contributed by atoms with E-state index >= 15 is 0 Å². The second-order valence-electron chi connectivity index (χ2n) is 8.14. The fourth-order valence-electron chi connectivity index (χ4n) is 4.67. The number of carboxylic acids is 1. The summed E-state index contributed by atoms with van der Waals surface area (Å²) in [6, 6.07) is 7.31. The molecule has 0 bridgehead atoms. The van der Waals surface area contributed by atoms with Crippen molar-refractivity contribution >= 4 is 11.9 Å². The lowest BCUT2D eigenvalue weighted by Gasteiger charge is -2.51. The van der Waals surface area contributed by atoms with Crippen molar-refractivity contribution in [3.63, 3.8) is 0 Å². The van der Waals surface area contributed by atoms with Crippen molar-refractivity contribution < 1.29 is 14.7 Å². The van der Waals surface area contributed by atoms with Gasteiger partial charge in [-0.05, 0) is 67.9 Å². The Morgan fingerprint density at radius 3 is 2.62 bits per heavy atom. The summed E-state index contributed by atoms with van der Waals surface area (Å²) in [4.78, 5) is 29.0. The van der Waals surface area contributed by atoms with Crippen molar-refractivity contribution in [1.82, 2.24) is 30.0 Å². The molecule has 9 nitrogen and oxygen atoms in total. The van der Waals surface area contributed by atoms with Crippen molar-refractivity contribution in [2.24, 2.45) is 5.41 Å². The van der Waals surface area contributed by atoms with Gasteiger partial charge in [0.1, 0.15) is 5.82 Å². The van der Waals surface area contributed by atoms with Gasteiger partial charge in [0.2, 0.25) is 0 Å². The molecule has 0 radical (unpaired) electrons. The summed E-state index contributed by atoms with van der Waals surface area (Å²) in [6.07, 6.45) is 2.07. The molecule has 2 aliphatic heterocycles. The maximum Gasteiger partial charge on any atom is 0.311 e. The van der Waals surface area contributed by atoms with Gasteiger partial charge in [0.15, 0.2) is 0 Å². The van der Waals surface area contributed by atoms with Gasteiger partial charge in [-0.3, -0.25) is 9.59 Å². The van der Waals surface area contributed by atoms with Crippen LogP contribution in [-0.2, 0) is 11.3 Å². The first-order chi connectivity index (χ1) is 13.9. The molecule has 0 spiro atoms. The van der Waals surface area contributed by atoms with Gasteiger partial charge in [-0.25, -0.2) is 4.68 Å². The maximum atomic E-state index is 13.1. The molecule has 4 rings (SSSR count). The topological polar surface area (TPSA) is 104 Å². The number of aryl methyl sites for hydroxylation is 1. The minimum atomic E-state index is -0.739. The largest absolute Gasteiger partial charge is 0.481 e. The van der Waals surface area contributed by atoms with E-state index in [0.717, 1.165) is 24.4 Å². The van der Waals surface area contributed by atoms with E-state index in [4.69, 9.17) is 0 Å². The molecule has 2 aliphatic rings. The SMILES string of the molecule is Cc1nnnn1Cc1ccc(C(=O)N2CC[C@@]3(C(=O)O)CCCN(C)[C@@H]3C2)cc1. The number of hydrogen-bond donors (Lipinski definition) is 1. The summed E-state index contributed by atoms with van der Waals surface area (Å²) < 4.78 is 1.70. The highest BCUT2D eigenvalue weighted by molar-refractivity contribution is 5.94. The lowest BCUT2D eigenvalue weighted by atomic mass is 9.68. The molecule has 2 saturated heterocycles. The highest BCUT2D eigenvalue weighted by Gasteiger charge is 2.52. The van der Waals surface area contributed by atoms with Gasteiger partial charge in [-0.1, -0.05) is 12.1 Å². The van der Waals surface area contributed by atoms with E-state index in [9.17, 15) is 14.7 Å². The lowest BCUT2D eigenvalue weighted by molar-refractivity contribution is -0.161. The molecule has 1 amide bonds. The van der Waals surface area contributed by atoms with Crippen LogP contribution in [0.4, 0.5) is 0 Å². The van der Waals surface area contributed by atoms with E-state index in [-0.39, 0.29) is 11.9 Å². The van der Waals surface area contributed by atoms with Crippen molar-refractivity contribution in [1.29, 1.82) is 0 Å². The number of benzene rings is 1. The summed E-state index contributed by atoms with van der Waals surface area (Å²) in [5.74, 6) is -0.0477. The van der Waals surface area contributed by atoms with Crippen molar-refractivity contribution in [2.75, 3.05) is 26.7 Å². The van der Waals surface area contributed by atoms with Crippen LogP contribution in [0.15, 0.2) is 24.3 Å². The molecule has 29 heavy (non-hydrogen) atoms. The number of hydrogen-bond acceptors (Lipinski definition) is 6. The van der Waals surface area contributed by atoms with Crippen LogP contribution in [0.2, 0.25) is 0 Å². The van der Waals surface area contributed by atoms with Crippen LogP contribution in [0.5, 0.6) is 0 Å². The smallest absolute Gasteiger partial charge is 0.311 e. The van der Waals surface area contributed by atoms with Gasteiger partial charge in [0.05, 0.1) is 12.0 Å². The van der Waals surface area contributed by atoms with Gasteiger partial charge in [0, 0.05) is 24.7 Å². The number of likely N-dealkylation sites (N-methyl/N-ethyl adjacent to an activating group) is 1. The number of aliphatic carboxylic acids is 1. The van der Waals surface area contributed by atoms with Crippen LogP contribution in [0.3, 0.4) is 0 Å². The Morgan fingerprint density at radius 1 is 1.21 bits per heavy atom. The van der Waals surface area contributed by atoms with Crippen LogP contribution in [0.1, 0.15) is 41.0 Å². The fourth-order valence-corrected chi connectivity index (χ4v) is 4.67. The zero-order valence-corrected chi connectivity index (χ0v) is 16.8. The van der Waals surface area contributed by atoms with E-state index in [1.54, 1.807) is 9.58 Å². The Morgan fingerprint density at radius 2 is 1.97 bits per heavy atom. The molecule has 1 aromatic heterocycles. The van der Waals surface area contributed by atoms with Crippen LogP contribution in [-0.4, -0.2) is 79.7 Å². The first kappa shape index (κ1) is 19.5. The minimum absolute atomic E-state index is 0.0480. The summed E-state index contributed by atoms with van der Waals surface area (Å²) >= 11 is 0. The maximum absolute atomic E-state index is 13.1. The minimum Gasteiger partial charge on any atom is -0.481 e. The number of tetrazole rings is 1. The van der Waals surface area contributed by atoms with Crippen LogP contribution < -0.4 is 0 Å². The molecule has 2 atom stereocenters. The number of carbonyl (C=O) groups is 2. The summed E-state index contributed by atoms with van der Waals surface area (Å²) in [5, 5.41) is 21.3. The Kier molecular flexibility index (Phi) is 5.08. The monoisotopic (exact) mass is 398 g/mol. The van der Waals surface area contributed by atoms with Gasteiger partial charge >= 0.3 is 5.97 Å². The van der Waals surface area contributed by atoms with Crippen molar-refractivity contribution in [3.05, 3.63) is 41.2 Å². The number of amides is 1. The van der Waals surface area contributed by atoms with E-state index in [0.29, 0.717) is 38.0 Å². The lowest BCUT2D eigenvalue weighted by Crippen LogP contribution is -2.63. The summed E-state index contributed by atoms with van der Waals surface area (Å²) in [5.41, 5.74) is 0.883. The molecule has 2 aromatic rings. The third-order valence-corrected chi connectivity index (χ3v) is 6.48. The van der Waals surface area contributed by atoms with Crippen LogP contribution >= 0.6 is 0 Å². The third-order valence-electron chi connectivity index (χ3n) is 6.48. The quantitative estimate of drug-likeness (QED) is 0.820. The highest BCUT2D eigenvalue weighted by Crippen LogP contribution is 2.42. The van der Waals surface area contributed by atoms with E-state index < -0.39 is 11.4 Å². The number of nitrogens with zero attached hydrogens (tertiary/aromatic N) is 6. The van der Waals surface area contributed by atoms with E-state index in [1.165, 1.54) is 0 Å². The van der Waals surface area contributed by atoms with Gasteiger partial charge in [0.25, 0.3) is 5.91 Å². The van der Waals surface area contributed by atoms with E-state index in [2.05, 4.69) is 20.4 Å². The number of piperidine rings is 2. The third kappa shape index (κ3) is 3.50. The number of carbonyl (C=O) groups excluding carboxylic acids is 1. The predicted molar refractivity (Wildman–Crippen MR) is 104 cm³/mol. The van der Waals surface area contributed by atoms with Crippen LogP contribution in [0, 0.1) is 12.3 Å². The second-order valence-corrected chi connectivity index (χ2v) is 8.14. The summed E-state index contributed by atoms with van der Waals surface area (Å²) in [7, 11) is 1.96. The Bertz CT molecular complexity index is 911. The molecule has 1 N–H and O–H groups in total. The van der Waals surface area contributed by atoms with E-state index in [1.807, 2.05) is 38.2 Å². The Balaban J connectivity index is 1.47. The van der Waals surface area contributed by atoms with Gasteiger partial charge in [-0.15, -0.1) is 5.10 Å². The molecule has 154 valence electrons. The van der Waals surface area contributed by atoms with Gasteiger partial charge in [-0.2, -0.15) is 0 Å². The van der Waals surface area contributed by atoms with Gasteiger partial charge < -0.3 is 14.9 Å². The Hall–Kier alpha value is -2.81. The summed E-state index contributed by atoms with van der Waals surface area (Å²) in [6.45, 7) is 4.18. The molecule has 0 unspecified atom stereocenters. The van der Waals surface area contributed by atoms with Crippen molar-refractivity contribution in [3.8, 4) is 0 Å². The first-order valence-electron chi connectivity index (χ1n) is 9.95. The zero-order valence-electron chi connectivity index (χ0n) is 16.8. The predicted octanol–water partition coefficient (Wildman–Crippen LogP) is 1.04. The first-order valence-corrected chi connectivity index (χ1v) is 9.95. The average molecular weight is 398 g/mol. The normalized spacial score (nSPS) is 24.9. The number of carboxylic acid groups (broad SMARTS) is 1.